The molecule has 34 heavy (non-hydrogen) atoms. The van der Waals surface area contributed by atoms with E-state index in [2.05, 4.69) is 9.97 Å². The Bertz CT molecular complexity index is 1400. The lowest BCUT2D eigenvalue weighted by Crippen LogP contribution is -2.62. The fourth-order valence-corrected chi connectivity index (χ4v) is 6.41. The van der Waals surface area contributed by atoms with Crippen LogP contribution >= 0.6 is 11.6 Å². The number of halogens is 5. The summed E-state index contributed by atoms with van der Waals surface area (Å²) < 4.78 is 90.2. The highest BCUT2D eigenvalue weighted by Crippen LogP contribution is 2.41. The van der Waals surface area contributed by atoms with E-state index in [-0.39, 0.29) is 54.5 Å². The standard InChI is InChI=1S/C21H17ClF4N4O3S/c22-12-2-1-3-17(20(12)26)34(31,32)30-6-7-33-21(30)4-5-29(11-18(21)25)19-10-27-15-8-13(23)14(24)9-16(15)28-19/h1-3,8-10,18H,4-7,11H2/t18-,21-/m0/s1. The van der Waals surface area contributed by atoms with Crippen molar-refractivity contribution in [3.63, 3.8) is 0 Å². The first-order chi connectivity index (χ1) is 16.1. The van der Waals surface area contributed by atoms with E-state index in [4.69, 9.17) is 16.3 Å². The van der Waals surface area contributed by atoms with Crippen LogP contribution < -0.4 is 4.90 Å². The number of ether oxygens (including phenoxy) is 1. The van der Waals surface area contributed by atoms with Gasteiger partial charge in [0, 0.05) is 31.6 Å². The first-order valence-electron chi connectivity index (χ1n) is 10.2. The highest BCUT2D eigenvalue weighted by molar-refractivity contribution is 7.89. The number of anilines is 1. The average molecular weight is 517 g/mol. The second-order valence-electron chi connectivity index (χ2n) is 7.97. The molecule has 0 saturated carbocycles. The summed E-state index contributed by atoms with van der Waals surface area (Å²) in [6.45, 7) is -0.417. The summed E-state index contributed by atoms with van der Waals surface area (Å²) >= 11 is 5.75. The Kier molecular flexibility index (Phi) is 5.66. The molecule has 0 unspecified atom stereocenters. The summed E-state index contributed by atoms with van der Waals surface area (Å²) in [4.78, 5) is 9.15. The molecule has 2 saturated heterocycles. The number of piperidine rings is 1. The molecular weight excluding hydrogens is 500 g/mol. The van der Waals surface area contributed by atoms with Crippen molar-refractivity contribution in [3.05, 3.63) is 59.0 Å². The van der Waals surface area contributed by atoms with Crippen LogP contribution in [0.3, 0.4) is 0 Å². The number of hydrogen-bond acceptors (Lipinski definition) is 6. The third-order valence-electron chi connectivity index (χ3n) is 6.06. The van der Waals surface area contributed by atoms with Gasteiger partial charge in [-0.2, -0.15) is 4.31 Å². The number of fused-ring (bicyclic) bond motifs is 1. The highest BCUT2D eigenvalue weighted by Gasteiger charge is 2.57. The van der Waals surface area contributed by atoms with Gasteiger partial charge in [-0.25, -0.2) is 31.0 Å². The van der Waals surface area contributed by atoms with Crippen molar-refractivity contribution in [1.82, 2.24) is 14.3 Å². The van der Waals surface area contributed by atoms with Gasteiger partial charge in [0.1, 0.15) is 10.7 Å². The molecule has 13 heteroatoms. The molecule has 0 radical (unpaired) electrons. The Morgan fingerprint density at radius 1 is 1.12 bits per heavy atom. The van der Waals surface area contributed by atoms with Crippen LogP contribution in [0, 0.1) is 17.5 Å². The molecule has 5 rings (SSSR count). The van der Waals surface area contributed by atoms with Gasteiger partial charge in [-0.05, 0) is 12.1 Å². The molecule has 0 aliphatic carbocycles. The number of aromatic nitrogens is 2. The smallest absolute Gasteiger partial charge is 0.248 e. The van der Waals surface area contributed by atoms with Crippen molar-refractivity contribution < 1.29 is 30.7 Å². The van der Waals surface area contributed by atoms with E-state index in [1.54, 1.807) is 0 Å². The van der Waals surface area contributed by atoms with Crippen molar-refractivity contribution in [1.29, 1.82) is 0 Å². The Morgan fingerprint density at radius 3 is 2.59 bits per heavy atom. The maximum absolute atomic E-state index is 15.6. The molecule has 2 aliphatic rings. The first-order valence-corrected chi connectivity index (χ1v) is 12.1. The molecular formula is C21H17ClF4N4O3S. The van der Waals surface area contributed by atoms with E-state index in [9.17, 15) is 21.6 Å². The van der Waals surface area contributed by atoms with Crippen LogP contribution in [0.4, 0.5) is 23.4 Å². The molecule has 2 fully saturated rings. The van der Waals surface area contributed by atoms with Gasteiger partial charge in [0.25, 0.3) is 0 Å². The van der Waals surface area contributed by atoms with E-state index in [0.29, 0.717) is 0 Å². The van der Waals surface area contributed by atoms with Crippen LogP contribution in [0.1, 0.15) is 6.42 Å². The molecule has 0 N–H and O–H groups in total. The Morgan fingerprint density at radius 2 is 1.85 bits per heavy atom. The zero-order valence-corrected chi connectivity index (χ0v) is 19.0. The summed E-state index contributed by atoms with van der Waals surface area (Å²) in [5.41, 5.74) is -1.61. The summed E-state index contributed by atoms with van der Waals surface area (Å²) in [6.07, 6.45) is -0.619. The maximum Gasteiger partial charge on any atom is 0.248 e. The van der Waals surface area contributed by atoms with Crippen LogP contribution in [0.25, 0.3) is 11.0 Å². The second kappa shape index (κ2) is 8.29. The molecule has 180 valence electrons. The average Bonchev–Trinajstić information content (AvgIpc) is 3.23. The molecule has 2 aromatic carbocycles. The Labute approximate surface area is 197 Å². The van der Waals surface area contributed by atoms with Crippen LogP contribution in [0.15, 0.2) is 41.4 Å². The van der Waals surface area contributed by atoms with E-state index in [1.165, 1.54) is 23.2 Å². The van der Waals surface area contributed by atoms with Crippen LogP contribution in [0.2, 0.25) is 5.02 Å². The maximum atomic E-state index is 15.6. The number of rotatable bonds is 3. The van der Waals surface area contributed by atoms with Crippen LogP contribution in [0.5, 0.6) is 0 Å². The van der Waals surface area contributed by atoms with Crippen molar-refractivity contribution in [2.45, 2.75) is 23.2 Å². The third kappa shape index (κ3) is 3.60. The minimum Gasteiger partial charge on any atom is -0.355 e. The number of sulfonamides is 1. The largest absolute Gasteiger partial charge is 0.355 e. The predicted molar refractivity (Wildman–Crippen MR) is 115 cm³/mol. The second-order valence-corrected chi connectivity index (χ2v) is 10.2. The van der Waals surface area contributed by atoms with Gasteiger partial charge < -0.3 is 9.64 Å². The molecule has 3 heterocycles. The summed E-state index contributed by atoms with van der Waals surface area (Å²) in [7, 11) is -4.47. The lowest BCUT2D eigenvalue weighted by atomic mass is 9.98. The number of benzene rings is 2. The highest BCUT2D eigenvalue weighted by atomic mass is 35.5. The SMILES string of the molecule is O=S(=O)(c1cccc(Cl)c1F)N1CCO[C@]12CCN(c1cnc3cc(F)c(F)cc3n1)C[C@@H]2F. The molecule has 0 bridgehead atoms. The minimum absolute atomic E-state index is 0.0670. The molecule has 7 nitrogen and oxygen atoms in total. The van der Waals surface area contributed by atoms with Gasteiger partial charge >= 0.3 is 0 Å². The van der Waals surface area contributed by atoms with Crippen molar-refractivity contribution in [2.75, 3.05) is 31.1 Å². The number of nitrogens with zero attached hydrogens (tertiary/aromatic N) is 4. The van der Waals surface area contributed by atoms with Crippen molar-refractivity contribution in [2.24, 2.45) is 0 Å². The number of hydrogen-bond donors (Lipinski definition) is 0. The van der Waals surface area contributed by atoms with Crippen LogP contribution in [-0.2, 0) is 14.8 Å². The molecule has 3 aromatic rings. The predicted octanol–water partition coefficient (Wildman–Crippen LogP) is 3.67. The Hall–Kier alpha value is -2.54. The fourth-order valence-electron chi connectivity index (χ4n) is 4.37. The zero-order chi connectivity index (χ0) is 24.3. The molecule has 1 aromatic heterocycles. The first kappa shape index (κ1) is 23.2. The molecule has 0 amide bonds. The van der Waals surface area contributed by atoms with Gasteiger partial charge in [0.2, 0.25) is 10.0 Å². The van der Waals surface area contributed by atoms with E-state index in [1.807, 2.05) is 0 Å². The lowest BCUT2D eigenvalue weighted by molar-refractivity contribution is -0.116. The van der Waals surface area contributed by atoms with E-state index >= 15 is 4.39 Å². The fraction of sp³-hybridized carbons (Fsp3) is 0.333. The summed E-state index contributed by atoms with van der Waals surface area (Å²) in [6, 6.07) is 5.39. The third-order valence-corrected chi connectivity index (χ3v) is 8.29. The Balaban J connectivity index is 1.44. The van der Waals surface area contributed by atoms with Crippen molar-refractivity contribution >= 4 is 38.5 Å². The summed E-state index contributed by atoms with van der Waals surface area (Å²) in [5.74, 6) is -3.05. The van der Waals surface area contributed by atoms with Crippen molar-refractivity contribution in [3.8, 4) is 0 Å². The quantitative estimate of drug-likeness (QED) is 0.495. The van der Waals surface area contributed by atoms with Gasteiger partial charge in [-0.1, -0.05) is 17.7 Å². The lowest BCUT2D eigenvalue weighted by Gasteiger charge is -2.45. The monoisotopic (exact) mass is 516 g/mol. The topological polar surface area (TPSA) is 75.6 Å². The van der Waals surface area contributed by atoms with Gasteiger partial charge in [-0.3, -0.25) is 4.98 Å². The molecule has 2 atom stereocenters. The minimum atomic E-state index is -4.47. The van der Waals surface area contributed by atoms with Gasteiger partial charge in [0.15, 0.2) is 29.3 Å². The van der Waals surface area contributed by atoms with Gasteiger partial charge in [-0.15, -0.1) is 0 Å². The normalized spacial score (nSPS) is 23.8. The molecule has 2 aliphatic heterocycles. The van der Waals surface area contributed by atoms with Crippen LogP contribution in [-0.4, -0.2) is 60.8 Å². The van der Waals surface area contributed by atoms with E-state index < -0.39 is 44.3 Å². The van der Waals surface area contributed by atoms with Gasteiger partial charge in [0.05, 0.1) is 35.4 Å². The number of alkyl halides is 1. The zero-order valence-electron chi connectivity index (χ0n) is 17.4. The van der Waals surface area contributed by atoms with E-state index in [0.717, 1.165) is 22.5 Å². The molecule has 1 spiro atoms. The summed E-state index contributed by atoms with van der Waals surface area (Å²) in [5, 5.41) is -0.368.